The van der Waals surface area contributed by atoms with E-state index in [0.29, 0.717) is 11.8 Å². The van der Waals surface area contributed by atoms with Crippen LogP contribution in [0, 0.1) is 23.7 Å². The molecule has 0 aromatic heterocycles. The molecule has 4 unspecified atom stereocenters. The van der Waals surface area contributed by atoms with Crippen molar-refractivity contribution in [2.75, 3.05) is 13.1 Å². The van der Waals surface area contributed by atoms with Crippen LogP contribution in [0.4, 0.5) is 0 Å². The van der Waals surface area contributed by atoms with Crippen LogP contribution >= 0.6 is 0 Å². The Morgan fingerprint density at radius 1 is 1.21 bits per heavy atom. The van der Waals surface area contributed by atoms with Crippen LogP contribution in [-0.4, -0.2) is 23.8 Å². The van der Waals surface area contributed by atoms with Crippen molar-refractivity contribution in [3.05, 3.63) is 0 Å². The van der Waals surface area contributed by atoms with Crippen molar-refractivity contribution < 1.29 is 5.11 Å². The summed E-state index contributed by atoms with van der Waals surface area (Å²) in [4.78, 5) is 0. The number of hydrogen-bond donors (Lipinski definition) is 2. The summed E-state index contributed by atoms with van der Waals surface area (Å²) in [6.45, 7) is 4.14. The standard InChI is InChI=1S/C12H21NO/c1-12(14,10-6-13-7-10)11-5-8-2-3-9(11)4-8/h8-11,13-14H,2-7H2,1H3. The maximum atomic E-state index is 10.6. The molecule has 80 valence electrons. The van der Waals surface area contributed by atoms with Gasteiger partial charge < -0.3 is 10.4 Å². The van der Waals surface area contributed by atoms with Crippen molar-refractivity contribution in [3.63, 3.8) is 0 Å². The number of fused-ring (bicyclic) bond motifs is 2. The van der Waals surface area contributed by atoms with Gasteiger partial charge in [0.2, 0.25) is 0 Å². The zero-order valence-corrected chi connectivity index (χ0v) is 9.00. The lowest BCUT2D eigenvalue weighted by molar-refractivity contribution is -0.0875. The SMILES string of the molecule is CC(O)(C1CNC1)C1CC2CCC1C2. The fourth-order valence-electron chi connectivity index (χ4n) is 3.97. The van der Waals surface area contributed by atoms with Gasteiger partial charge in [0.25, 0.3) is 0 Å². The van der Waals surface area contributed by atoms with Gasteiger partial charge in [-0.1, -0.05) is 6.42 Å². The van der Waals surface area contributed by atoms with Crippen molar-refractivity contribution in [1.29, 1.82) is 0 Å². The topological polar surface area (TPSA) is 32.3 Å². The monoisotopic (exact) mass is 195 g/mol. The first-order chi connectivity index (χ1) is 6.68. The van der Waals surface area contributed by atoms with Crippen molar-refractivity contribution in [3.8, 4) is 0 Å². The molecule has 14 heavy (non-hydrogen) atoms. The van der Waals surface area contributed by atoms with Crippen LogP contribution in [0.5, 0.6) is 0 Å². The molecule has 2 aliphatic carbocycles. The second kappa shape index (κ2) is 2.96. The van der Waals surface area contributed by atoms with Gasteiger partial charge in [-0.2, -0.15) is 0 Å². The van der Waals surface area contributed by atoms with Crippen LogP contribution in [0.15, 0.2) is 0 Å². The molecule has 0 aromatic carbocycles. The average molecular weight is 195 g/mol. The van der Waals surface area contributed by atoms with E-state index >= 15 is 0 Å². The largest absolute Gasteiger partial charge is 0.389 e. The summed E-state index contributed by atoms with van der Waals surface area (Å²) in [7, 11) is 0. The minimum Gasteiger partial charge on any atom is -0.389 e. The van der Waals surface area contributed by atoms with Crippen LogP contribution in [0.25, 0.3) is 0 Å². The van der Waals surface area contributed by atoms with E-state index in [-0.39, 0.29) is 5.60 Å². The van der Waals surface area contributed by atoms with Gasteiger partial charge in [-0.05, 0) is 43.9 Å². The molecule has 2 bridgehead atoms. The van der Waals surface area contributed by atoms with Gasteiger partial charge in [0.1, 0.15) is 0 Å². The fraction of sp³-hybridized carbons (Fsp3) is 1.00. The molecule has 2 nitrogen and oxygen atoms in total. The van der Waals surface area contributed by atoms with Crippen molar-refractivity contribution in [2.24, 2.45) is 23.7 Å². The maximum Gasteiger partial charge on any atom is 0.0702 e. The van der Waals surface area contributed by atoms with E-state index in [1.165, 1.54) is 25.7 Å². The first-order valence-corrected chi connectivity index (χ1v) is 6.11. The molecule has 1 heterocycles. The molecule has 0 amide bonds. The fourth-order valence-corrected chi connectivity index (χ4v) is 3.97. The van der Waals surface area contributed by atoms with Crippen molar-refractivity contribution in [1.82, 2.24) is 5.32 Å². The summed E-state index contributed by atoms with van der Waals surface area (Å²) < 4.78 is 0. The molecule has 2 N–H and O–H groups in total. The van der Waals surface area contributed by atoms with Crippen LogP contribution in [0.2, 0.25) is 0 Å². The Hall–Kier alpha value is -0.0800. The Bertz CT molecular complexity index is 234. The quantitative estimate of drug-likeness (QED) is 0.698. The van der Waals surface area contributed by atoms with Gasteiger partial charge in [0.05, 0.1) is 5.60 Å². The summed E-state index contributed by atoms with van der Waals surface area (Å²) in [6, 6.07) is 0. The van der Waals surface area contributed by atoms with Crippen molar-refractivity contribution >= 4 is 0 Å². The highest BCUT2D eigenvalue weighted by Crippen LogP contribution is 2.53. The van der Waals surface area contributed by atoms with E-state index in [0.717, 1.165) is 24.9 Å². The lowest BCUT2D eigenvalue weighted by Gasteiger charge is -2.46. The first kappa shape index (κ1) is 9.17. The van der Waals surface area contributed by atoms with Gasteiger partial charge >= 0.3 is 0 Å². The van der Waals surface area contributed by atoms with Gasteiger partial charge in [0.15, 0.2) is 0 Å². The summed E-state index contributed by atoms with van der Waals surface area (Å²) in [6.07, 6.45) is 5.51. The van der Waals surface area contributed by atoms with Crippen LogP contribution in [0.3, 0.4) is 0 Å². The highest BCUT2D eigenvalue weighted by Gasteiger charge is 2.51. The smallest absolute Gasteiger partial charge is 0.0702 e. The molecular formula is C12H21NO. The molecule has 0 radical (unpaired) electrons. The third kappa shape index (κ3) is 1.17. The van der Waals surface area contributed by atoms with E-state index in [1.807, 2.05) is 0 Å². The third-order valence-corrected chi connectivity index (χ3v) is 5.10. The van der Waals surface area contributed by atoms with Gasteiger partial charge in [-0.25, -0.2) is 0 Å². The molecule has 2 saturated carbocycles. The minimum absolute atomic E-state index is 0.384. The predicted octanol–water partition coefficient (Wildman–Crippen LogP) is 1.39. The van der Waals surface area contributed by atoms with E-state index < -0.39 is 0 Å². The first-order valence-electron chi connectivity index (χ1n) is 6.11. The molecule has 3 rings (SSSR count). The second-order valence-corrected chi connectivity index (χ2v) is 5.86. The number of rotatable bonds is 2. The van der Waals surface area contributed by atoms with E-state index in [9.17, 15) is 5.11 Å². The van der Waals surface area contributed by atoms with E-state index in [2.05, 4.69) is 12.2 Å². The molecule has 0 aromatic rings. The molecule has 2 heteroatoms. The Morgan fingerprint density at radius 3 is 2.43 bits per heavy atom. The Balaban J connectivity index is 1.74. The zero-order valence-electron chi connectivity index (χ0n) is 9.00. The molecule has 4 atom stereocenters. The van der Waals surface area contributed by atoms with Crippen molar-refractivity contribution in [2.45, 2.75) is 38.2 Å². The van der Waals surface area contributed by atoms with Gasteiger partial charge in [0, 0.05) is 19.0 Å². The number of nitrogens with one attached hydrogen (secondary N) is 1. The Labute approximate surface area is 86.1 Å². The Kier molecular flexibility index (Phi) is 1.94. The Morgan fingerprint density at radius 2 is 2.00 bits per heavy atom. The third-order valence-electron chi connectivity index (χ3n) is 5.10. The van der Waals surface area contributed by atoms with Gasteiger partial charge in [-0.15, -0.1) is 0 Å². The summed E-state index contributed by atoms with van der Waals surface area (Å²) in [5.74, 6) is 2.92. The van der Waals surface area contributed by atoms with Crippen LogP contribution in [-0.2, 0) is 0 Å². The van der Waals surface area contributed by atoms with E-state index in [1.54, 1.807) is 0 Å². The van der Waals surface area contributed by atoms with Gasteiger partial charge in [-0.3, -0.25) is 0 Å². The molecular weight excluding hydrogens is 174 g/mol. The van der Waals surface area contributed by atoms with Crippen LogP contribution < -0.4 is 5.32 Å². The summed E-state index contributed by atoms with van der Waals surface area (Å²) in [5, 5.41) is 13.9. The second-order valence-electron chi connectivity index (χ2n) is 5.86. The average Bonchev–Trinajstić information content (AvgIpc) is 2.58. The minimum atomic E-state index is -0.384. The maximum absolute atomic E-state index is 10.6. The molecule has 1 aliphatic heterocycles. The summed E-state index contributed by atoms with van der Waals surface area (Å²) >= 11 is 0. The van der Waals surface area contributed by atoms with E-state index in [4.69, 9.17) is 0 Å². The molecule has 1 saturated heterocycles. The lowest BCUT2D eigenvalue weighted by Crippen LogP contribution is -2.58. The zero-order chi connectivity index (χ0) is 9.76. The molecule has 0 spiro atoms. The normalized spacial score (nSPS) is 46.3. The highest BCUT2D eigenvalue weighted by molar-refractivity contribution is 5.03. The highest BCUT2D eigenvalue weighted by atomic mass is 16.3. The number of aliphatic hydroxyl groups is 1. The number of hydrogen-bond acceptors (Lipinski definition) is 2. The summed E-state index contributed by atoms with van der Waals surface area (Å²) in [5.41, 5.74) is -0.384. The molecule has 3 aliphatic rings. The van der Waals surface area contributed by atoms with Crippen LogP contribution in [0.1, 0.15) is 32.6 Å². The lowest BCUT2D eigenvalue weighted by atomic mass is 9.69. The predicted molar refractivity (Wildman–Crippen MR) is 55.9 cm³/mol. The molecule has 3 fully saturated rings.